The van der Waals surface area contributed by atoms with Gasteiger partial charge in [-0.2, -0.15) is 0 Å². The molecular formula is C15H12ClF3N2OS. The molecule has 2 N–H and O–H groups in total. The highest BCUT2D eigenvalue weighted by Gasteiger charge is 2.30. The second-order valence-electron chi connectivity index (χ2n) is 4.51. The van der Waals surface area contributed by atoms with Crippen LogP contribution in [0.4, 0.5) is 18.9 Å². The van der Waals surface area contributed by atoms with Gasteiger partial charge in [0.1, 0.15) is 5.75 Å². The van der Waals surface area contributed by atoms with Gasteiger partial charge in [-0.3, -0.25) is 0 Å². The summed E-state index contributed by atoms with van der Waals surface area (Å²) in [5.41, 5.74) is 1.54. The fourth-order valence-electron chi connectivity index (χ4n) is 1.70. The predicted octanol–water partition coefficient (Wildman–Crippen LogP) is 4.73. The molecule has 3 nitrogen and oxygen atoms in total. The Morgan fingerprint density at radius 1 is 1.04 bits per heavy atom. The van der Waals surface area contributed by atoms with Crippen molar-refractivity contribution in [2.45, 2.75) is 12.9 Å². The maximum Gasteiger partial charge on any atom is 0.573 e. The second kappa shape index (κ2) is 7.52. The Morgan fingerprint density at radius 2 is 1.65 bits per heavy atom. The number of alkyl halides is 3. The van der Waals surface area contributed by atoms with Crippen molar-refractivity contribution >= 4 is 34.6 Å². The third-order valence-corrected chi connectivity index (χ3v) is 3.21. The zero-order valence-electron chi connectivity index (χ0n) is 11.7. The van der Waals surface area contributed by atoms with E-state index in [0.29, 0.717) is 22.4 Å². The van der Waals surface area contributed by atoms with Gasteiger partial charge >= 0.3 is 6.36 Å². The molecule has 0 saturated carbocycles. The molecule has 0 heterocycles. The molecule has 0 aliphatic rings. The van der Waals surface area contributed by atoms with E-state index >= 15 is 0 Å². The van der Waals surface area contributed by atoms with Crippen LogP contribution in [0.5, 0.6) is 5.75 Å². The van der Waals surface area contributed by atoms with E-state index in [9.17, 15) is 13.2 Å². The predicted molar refractivity (Wildman–Crippen MR) is 87.6 cm³/mol. The van der Waals surface area contributed by atoms with E-state index in [1.165, 1.54) is 24.3 Å². The molecule has 0 radical (unpaired) electrons. The van der Waals surface area contributed by atoms with Crippen LogP contribution >= 0.6 is 23.8 Å². The first-order valence-corrected chi connectivity index (χ1v) is 7.25. The van der Waals surface area contributed by atoms with Crippen molar-refractivity contribution in [3.8, 4) is 5.75 Å². The molecule has 0 atom stereocenters. The number of nitrogens with one attached hydrogen (secondary N) is 2. The number of halogens is 4. The third kappa shape index (κ3) is 6.33. The van der Waals surface area contributed by atoms with Gasteiger partial charge in [-0.25, -0.2) is 0 Å². The van der Waals surface area contributed by atoms with Crippen LogP contribution in [0, 0.1) is 0 Å². The highest BCUT2D eigenvalue weighted by molar-refractivity contribution is 7.80. The average molecular weight is 361 g/mol. The van der Waals surface area contributed by atoms with E-state index in [1.807, 2.05) is 12.1 Å². The lowest BCUT2D eigenvalue weighted by atomic mass is 10.2. The van der Waals surface area contributed by atoms with Crippen LogP contribution in [0.15, 0.2) is 48.5 Å². The highest BCUT2D eigenvalue weighted by atomic mass is 35.5. The molecule has 8 heteroatoms. The molecule has 0 saturated heterocycles. The van der Waals surface area contributed by atoms with Gasteiger partial charge in [-0.05, 0) is 54.2 Å². The van der Waals surface area contributed by atoms with Crippen molar-refractivity contribution < 1.29 is 17.9 Å². The smallest absolute Gasteiger partial charge is 0.406 e. The van der Waals surface area contributed by atoms with Crippen molar-refractivity contribution in [3.05, 3.63) is 59.1 Å². The first-order chi connectivity index (χ1) is 10.8. The van der Waals surface area contributed by atoms with Crippen molar-refractivity contribution in [1.82, 2.24) is 5.32 Å². The summed E-state index contributed by atoms with van der Waals surface area (Å²) in [7, 11) is 0. The van der Waals surface area contributed by atoms with Crippen LogP contribution in [0.25, 0.3) is 0 Å². The van der Waals surface area contributed by atoms with Gasteiger partial charge in [0.25, 0.3) is 0 Å². The quantitative estimate of drug-likeness (QED) is 0.773. The van der Waals surface area contributed by atoms with Crippen molar-refractivity contribution in [2.75, 3.05) is 5.32 Å². The first kappa shape index (κ1) is 17.4. The van der Waals surface area contributed by atoms with E-state index in [-0.39, 0.29) is 5.75 Å². The Bertz CT molecular complexity index is 660. The zero-order valence-corrected chi connectivity index (χ0v) is 13.2. The molecule has 2 aromatic rings. The molecule has 0 amide bonds. The summed E-state index contributed by atoms with van der Waals surface area (Å²) < 4.78 is 40.0. The normalized spacial score (nSPS) is 11.0. The van der Waals surface area contributed by atoms with Crippen molar-refractivity contribution in [3.63, 3.8) is 0 Å². The molecule has 0 fully saturated rings. The van der Waals surface area contributed by atoms with Crippen molar-refractivity contribution in [2.24, 2.45) is 0 Å². The number of ether oxygens (including phenoxy) is 1. The monoisotopic (exact) mass is 360 g/mol. The summed E-state index contributed by atoms with van der Waals surface area (Å²) in [6, 6.07) is 12.6. The number of anilines is 1. The molecule has 0 aliphatic carbocycles. The molecule has 0 unspecified atom stereocenters. The van der Waals surface area contributed by atoms with Crippen LogP contribution in [-0.4, -0.2) is 11.5 Å². The second-order valence-corrected chi connectivity index (χ2v) is 5.35. The van der Waals surface area contributed by atoms with Gasteiger partial charge in [-0.1, -0.05) is 23.7 Å². The van der Waals surface area contributed by atoms with Gasteiger partial charge in [0, 0.05) is 17.3 Å². The maximum absolute atomic E-state index is 12.1. The van der Waals surface area contributed by atoms with E-state index in [0.717, 1.165) is 5.56 Å². The molecule has 0 spiro atoms. The summed E-state index contributed by atoms with van der Waals surface area (Å²) in [4.78, 5) is 0. The third-order valence-electron chi connectivity index (χ3n) is 2.71. The summed E-state index contributed by atoms with van der Waals surface area (Å²) in [6.07, 6.45) is -4.70. The highest BCUT2D eigenvalue weighted by Crippen LogP contribution is 2.23. The Morgan fingerprint density at radius 3 is 2.22 bits per heavy atom. The zero-order chi connectivity index (χ0) is 16.9. The van der Waals surface area contributed by atoms with E-state index < -0.39 is 6.36 Å². The van der Waals surface area contributed by atoms with Gasteiger partial charge < -0.3 is 15.4 Å². The van der Waals surface area contributed by atoms with E-state index in [2.05, 4.69) is 15.4 Å². The van der Waals surface area contributed by atoms with Crippen molar-refractivity contribution in [1.29, 1.82) is 0 Å². The number of rotatable bonds is 4. The lowest BCUT2D eigenvalue weighted by molar-refractivity contribution is -0.274. The molecular weight excluding hydrogens is 349 g/mol. The van der Waals surface area contributed by atoms with Crippen LogP contribution in [0.1, 0.15) is 5.56 Å². The number of hydrogen-bond donors (Lipinski definition) is 2. The summed E-state index contributed by atoms with van der Waals surface area (Å²) in [5.74, 6) is -0.289. The number of benzene rings is 2. The Kier molecular flexibility index (Phi) is 5.68. The van der Waals surface area contributed by atoms with Crippen LogP contribution in [0.2, 0.25) is 5.02 Å². The topological polar surface area (TPSA) is 33.3 Å². The summed E-state index contributed by atoms with van der Waals surface area (Å²) in [5, 5.41) is 6.86. The SMILES string of the molecule is FC(F)(F)Oc1ccc(NC(=S)NCc2ccc(Cl)cc2)cc1. The Labute approximate surface area is 141 Å². The minimum atomic E-state index is -4.70. The first-order valence-electron chi connectivity index (χ1n) is 6.47. The maximum atomic E-state index is 12.1. The summed E-state index contributed by atoms with van der Waals surface area (Å²) in [6.45, 7) is 0.498. The largest absolute Gasteiger partial charge is 0.573 e. The molecule has 122 valence electrons. The average Bonchev–Trinajstić information content (AvgIpc) is 2.47. The van der Waals surface area contributed by atoms with Gasteiger partial charge in [0.05, 0.1) is 0 Å². The number of thiocarbonyl (C=S) groups is 1. The molecule has 0 aromatic heterocycles. The minimum absolute atomic E-state index is 0.289. The lowest BCUT2D eigenvalue weighted by Gasteiger charge is -2.12. The fourth-order valence-corrected chi connectivity index (χ4v) is 2.02. The molecule has 0 bridgehead atoms. The Balaban J connectivity index is 1.84. The minimum Gasteiger partial charge on any atom is -0.406 e. The fraction of sp³-hybridized carbons (Fsp3) is 0.133. The Hall–Kier alpha value is -1.99. The summed E-state index contributed by atoms with van der Waals surface area (Å²) >= 11 is 10.9. The standard InChI is InChI=1S/C15H12ClF3N2OS/c16-11-3-1-10(2-4-11)9-20-14(23)21-12-5-7-13(8-6-12)22-15(17,18)19/h1-8H,9H2,(H2,20,21,23). The van der Waals surface area contributed by atoms with Crippen LogP contribution in [-0.2, 0) is 6.54 Å². The van der Waals surface area contributed by atoms with Crippen LogP contribution in [0.3, 0.4) is 0 Å². The van der Waals surface area contributed by atoms with E-state index in [1.54, 1.807) is 12.1 Å². The van der Waals surface area contributed by atoms with Gasteiger partial charge in [0.15, 0.2) is 5.11 Å². The molecule has 0 aliphatic heterocycles. The lowest BCUT2D eigenvalue weighted by Crippen LogP contribution is -2.27. The van der Waals surface area contributed by atoms with Crippen LogP contribution < -0.4 is 15.4 Å². The molecule has 2 aromatic carbocycles. The molecule has 2 rings (SSSR count). The van der Waals surface area contributed by atoms with Gasteiger partial charge in [-0.15, -0.1) is 13.2 Å². The molecule has 23 heavy (non-hydrogen) atoms. The van der Waals surface area contributed by atoms with Gasteiger partial charge in [0.2, 0.25) is 0 Å². The van der Waals surface area contributed by atoms with E-state index in [4.69, 9.17) is 23.8 Å². The number of hydrogen-bond acceptors (Lipinski definition) is 2.